The van der Waals surface area contributed by atoms with Gasteiger partial charge in [0.2, 0.25) is 0 Å². The van der Waals surface area contributed by atoms with Crippen molar-refractivity contribution in [2.45, 2.75) is 45.6 Å². The summed E-state index contributed by atoms with van der Waals surface area (Å²) in [5.74, 6) is 0.625. The van der Waals surface area contributed by atoms with E-state index >= 15 is 0 Å². The number of carbonyl (C=O) groups excluding carboxylic acids is 2. The number of hydrogen-bond donors (Lipinski definition) is 2. The highest BCUT2D eigenvalue weighted by Crippen LogP contribution is 2.34. The monoisotopic (exact) mass is 430 g/mol. The average molecular weight is 431 g/mol. The predicted octanol–water partition coefficient (Wildman–Crippen LogP) is 6.86. The predicted molar refractivity (Wildman–Crippen MR) is 129 cm³/mol. The van der Waals surface area contributed by atoms with Crippen LogP contribution < -0.4 is 15.4 Å². The van der Waals surface area contributed by atoms with Gasteiger partial charge in [-0.1, -0.05) is 67.9 Å². The Hall–Kier alpha value is -3.60. The van der Waals surface area contributed by atoms with Crippen LogP contribution in [0.1, 0.15) is 55.4 Å². The van der Waals surface area contributed by atoms with Crippen LogP contribution in [-0.2, 0) is 4.79 Å². The molecule has 0 aliphatic rings. The maximum Gasteiger partial charge on any atom is 0.323 e. The smallest absolute Gasteiger partial charge is 0.323 e. The molecule has 0 saturated heterocycles. The first-order valence-electron chi connectivity index (χ1n) is 10.9. The second-order valence-corrected chi connectivity index (χ2v) is 7.93. The lowest BCUT2D eigenvalue weighted by Gasteiger charge is -2.22. The van der Waals surface area contributed by atoms with Crippen molar-refractivity contribution in [2.24, 2.45) is 0 Å². The maximum absolute atomic E-state index is 12.7. The molecule has 0 spiro atoms. The molecule has 3 rings (SSSR count). The largest absolute Gasteiger partial charge is 0.484 e. The lowest BCUT2D eigenvalue weighted by Crippen LogP contribution is -2.20. The zero-order chi connectivity index (χ0) is 22.9. The number of aryl methyl sites for hydroxylation is 1. The van der Waals surface area contributed by atoms with Crippen LogP contribution in [0, 0.1) is 6.92 Å². The zero-order valence-electron chi connectivity index (χ0n) is 18.8. The Labute approximate surface area is 189 Å². The van der Waals surface area contributed by atoms with Gasteiger partial charge in [0.15, 0.2) is 0 Å². The number of hydrogen-bond acceptors (Lipinski definition) is 3. The van der Waals surface area contributed by atoms with E-state index in [2.05, 4.69) is 17.6 Å². The van der Waals surface area contributed by atoms with E-state index in [1.165, 1.54) is 0 Å². The Kier molecular flexibility index (Phi) is 8.03. The lowest BCUT2D eigenvalue weighted by molar-refractivity contribution is -0.108. The van der Waals surface area contributed by atoms with Crippen molar-refractivity contribution < 1.29 is 14.3 Å². The summed E-state index contributed by atoms with van der Waals surface area (Å²) in [4.78, 5) is 23.7. The highest BCUT2D eigenvalue weighted by molar-refractivity contribution is 6.00. The normalized spacial score (nSPS) is 12.5. The topological polar surface area (TPSA) is 67.4 Å². The minimum atomic E-state index is -0.355. The first-order chi connectivity index (χ1) is 15.5. The number of urea groups is 1. The molecule has 0 aromatic heterocycles. The van der Waals surface area contributed by atoms with E-state index in [9.17, 15) is 9.59 Å². The quantitative estimate of drug-likeness (QED) is 0.364. The van der Waals surface area contributed by atoms with E-state index in [1.54, 1.807) is 0 Å². The van der Waals surface area contributed by atoms with Crippen LogP contribution in [0.4, 0.5) is 16.2 Å². The number of benzene rings is 3. The molecule has 0 radical (unpaired) electrons. The molecule has 0 aliphatic carbocycles. The van der Waals surface area contributed by atoms with Crippen LogP contribution >= 0.6 is 0 Å². The molecular weight excluding hydrogens is 400 g/mol. The molecule has 0 fully saturated rings. The van der Waals surface area contributed by atoms with Crippen molar-refractivity contribution in [3.05, 3.63) is 89.5 Å². The van der Waals surface area contributed by atoms with Gasteiger partial charge in [0.25, 0.3) is 0 Å². The Morgan fingerprint density at radius 1 is 0.969 bits per heavy atom. The van der Waals surface area contributed by atoms with E-state index in [1.807, 2.05) is 86.6 Å². The summed E-state index contributed by atoms with van der Waals surface area (Å²) in [7, 11) is 0. The summed E-state index contributed by atoms with van der Waals surface area (Å²) in [6.07, 6.45) is 1.96. The number of ether oxygens (including phenoxy) is 1. The third-order valence-electron chi connectivity index (χ3n) is 5.39. The Morgan fingerprint density at radius 3 is 2.34 bits per heavy atom. The zero-order valence-corrected chi connectivity index (χ0v) is 18.8. The number of amides is 2. The van der Waals surface area contributed by atoms with Crippen LogP contribution in [-0.4, -0.2) is 12.3 Å². The van der Waals surface area contributed by atoms with Crippen molar-refractivity contribution >= 4 is 23.7 Å². The van der Waals surface area contributed by atoms with Gasteiger partial charge in [0.05, 0.1) is 5.69 Å². The molecule has 2 atom stereocenters. The number of nitrogens with one attached hydrogen (secondary N) is 2. The molecule has 0 aliphatic heterocycles. The van der Waals surface area contributed by atoms with Crippen molar-refractivity contribution in [3.63, 3.8) is 0 Å². The first kappa shape index (κ1) is 23.1. The van der Waals surface area contributed by atoms with E-state index < -0.39 is 0 Å². The molecule has 0 heterocycles. The Balaban J connectivity index is 1.85. The van der Waals surface area contributed by atoms with Gasteiger partial charge in [0, 0.05) is 12.1 Å². The lowest BCUT2D eigenvalue weighted by atomic mass is 9.97. The molecule has 3 aromatic carbocycles. The summed E-state index contributed by atoms with van der Waals surface area (Å²) in [5.41, 5.74) is 4.43. The molecule has 2 unspecified atom stereocenters. The SMILES string of the molecule is CCC(Oc1ccc(C(C)CC=O)cc1NC(=O)Nc1ccc(C)cc1)c1ccccc1. The number of rotatable bonds is 9. The van der Waals surface area contributed by atoms with Gasteiger partial charge in [-0.15, -0.1) is 0 Å². The summed E-state index contributed by atoms with van der Waals surface area (Å²) < 4.78 is 6.33. The van der Waals surface area contributed by atoms with E-state index in [4.69, 9.17) is 4.74 Å². The molecular formula is C27H30N2O3. The van der Waals surface area contributed by atoms with Crippen LogP contribution in [0.5, 0.6) is 5.75 Å². The van der Waals surface area contributed by atoms with Crippen molar-refractivity contribution in [2.75, 3.05) is 10.6 Å². The van der Waals surface area contributed by atoms with Gasteiger partial charge >= 0.3 is 6.03 Å². The van der Waals surface area contributed by atoms with Crippen LogP contribution in [0.15, 0.2) is 72.8 Å². The van der Waals surface area contributed by atoms with E-state index in [0.29, 0.717) is 23.5 Å². The second kappa shape index (κ2) is 11.1. The summed E-state index contributed by atoms with van der Waals surface area (Å²) in [6, 6.07) is 23.0. The fourth-order valence-electron chi connectivity index (χ4n) is 3.46. The molecule has 3 aromatic rings. The van der Waals surface area contributed by atoms with Gasteiger partial charge in [-0.05, 0) is 54.7 Å². The summed E-state index contributed by atoms with van der Waals surface area (Å²) in [6.45, 7) is 6.05. The number of carbonyl (C=O) groups is 2. The third-order valence-corrected chi connectivity index (χ3v) is 5.39. The second-order valence-electron chi connectivity index (χ2n) is 7.93. The van der Waals surface area contributed by atoms with Crippen molar-refractivity contribution in [1.82, 2.24) is 0 Å². The van der Waals surface area contributed by atoms with E-state index in [0.717, 1.165) is 29.4 Å². The fourth-order valence-corrected chi connectivity index (χ4v) is 3.46. The van der Waals surface area contributed by atoms with Crippen LogP contribution in [0.2, 0.25) is 0 Å². The van der Waals surface area contributed by atoms with Gasteiger partial charge in [-0.3, -0.25) is 0 Å². The number of anilines is 2. The molecule has 2 amide bonds. The Bertz CT molecular complexity index is 1030. The highest BCUT2D eigenvalue weighted by atomic mass is 16.5. The molecule has 166 valence electrons. The van der Waals surface area contributed by atoms with Crippen LogP contribution in [0.25, 0.3) is 0 Å². The Morgan fingerprint density at radius 2 is 1.69 bits per heavy atom. The standard InChI is InChI=1S/C27H30N2O3/c1-4-25(21-8-6-5-7-9-21)32-26-15-12-22(20(3)16-17-30)18-24(26)29-27(31)28-23-13-10-19(2)11-14-23/h5-15,17-18,20,25H,4,16H2,1-3H3,(H2,28,29,31). The molecule has 2 N–H and O–H groups in total. The molecule has 0 saturated carbocycles. The van der Waals surface area contributed by atoms with Gasteiger partial charge in [-0.2, -0.15) is 0 Å². The average Bonchev–Trinajstić information content (AvgIpc) is 2.80. The third kappa shape index (κ3) is 6.20. The number of aldehydes is 1. The minimum Gasteiger partial charge on any atom is -0.484 e. The molecule has 5 nitrogen and oxygen atoms in total. The highest BCUT2D eigenvalue weighted by Gasteiger charge is 2.17. The minimum absolute atomic E-state index is 0.0401. The molecule has 32 heavy (non-hydrogen) atoms. The van der Waals surface area contributed by atoms with Crippen molar-refractivity contribution in [1.29, 1.82) is 0 Å². The van der Waals surface area contributed by atoms with Gasteiger partial charge in [0.1, 0.15) is 18.1 Å². The molecule has 5 heteroatoms. The van der Waals surface area contributed by atoms with Gasteiger partial charge < -0.3 is 20.2 Å². The summed E-state index contributed by atoms with van der Waals surface area (Å²) in [5, 5.41) is 5.78. The fraction of sp³-hybridized carbons (Fsp3) is 0.259. The van der Waals surface area contributed by atoms with Crippen molar-refractivity contribution in [3.8, 4) is 5.75 Å². The van der Waals surface area contributed by atoms with Gasteiger partial charge in [-0.25, -0.2) is 4.79 Å². The summed E-state index contributed by atoms with van der Waals surface area (Å²) >= 11 is 0. The first-order valence-corrected chi connectivity index (χ1v) is 10.9. The molecule has 0 bridgehead atoms. The van der Waals surface area contributed by atoms with E-state index in [-0.39, 0.29) is 18.1 Å². The van der Waals surface area contributed by atoms with Crippen LogP contribution in [0.3, 0.4) is 0 Å². The maximum atomic E-state index is 12.7.